The summed E-state index contributed by atoms with van der Waals surface area (Å²) in [4.78, 5) is 12.8. The number of aryl methyl sites for hydroxylation is 1. The maximum Gasteiger partial charge on any atom is 0.311 e. The smallest absolute Gasteiger partial charge is 0.311 e. The molecule has 3 saturated carbocycles. The van der Waals surface area contributed by atoms with Crippen molar-refractivity contribution >= 4 is 5.97 Å². The van der Waals surface area contributed by atoms with Gasteiger partial charge in [-0.25, -0.2) is 0 Å². The molecule has 4 atom stereocenters. The number of carbonyl (C=O) groups is 1. The van der Waals surface area contributed by atoms with Gasteiger partial charge in [0.05, 0.1) is 25.3 Å². The van der Waals surface area contributed by atoms with E-state index in [-0.39, 0.29) is 16.8 Å². The van der Waals surface area contributed by atoms with E-state index in [1.807, 2.05) is 6.26 Å². The Morgan fingerprint density at radius 2 is 1.97 bits per heavy atom. The summed E-state index contributed by atoms with van der Waals surface area (Å²) in [5.74, 6) is 1.88. The van der Waals surface area contributed by atoms with Gasteiger partial charge in [-0.15, -0.1) is 0 Å². The third-order valence-electron chi connectivity index (χ3n) is 9.37. The van der Waals surface area contributed by atoms with Crippen LogP contribution in [0.2, 0.25) is 0 Å². The molecule has 1 aromatic rings. The zero-order chi connectivity index (χ0) is 22.8. The van der Waals surface area contributed by atoms with E-state index in [1.54, 1.807) is 7.11 Å². The van der Waals surface area contributed by atoms with Crippen molar-refractivity contribution in [2.75, 3.05) is 7.11 Å². The molecule has 1 heterocycles. The summed E-state index contributed by atoms with van der Waals surface area (Å²) in [6.07, 6.45) is 15.9. The van der Waals surface area contributed by atoms with Crippen molar-refractivity contribution in [3.63, 3.8) is 0 Å². The van der Waals surface area contributed by atoms with Crippen LogP contribution in [0.4, 0.5) is 0 Å². The Morgan fingerprint density at radius 3 is 2.72 bits per heavy atom. The quantitative estimate of drug-likeness (QED) is 0.383. The minimum Gasteiger partial charge on any atom is -0.469 e. The normalized spacial score (nSPS) is 33.7. The highest BCUT2D eigenvalue weighted by Gasteiger charge is 2.57. The van der Waals surface area contributed by atoms with Crippen LogP contribution in [-0.4, -0.2) is 19.1 Å². The van der Waals surface area contributed by atoms with Crippen molar-refractivity contribution in [3.05, 3.63) is 35.8 Å². The van der Waals surface area contributed by atoms with E-state index in [9.17, 15) is 4.79 Å². The topological polar surface area (TPSA) is 51.5 Å². The van der Waals surface area contributed by atoms with Gasteiger partial charge in [-0.2, -0.15) is 0 Å². The second-order valence-corrected chi connectivity index (χ2v) is 11.2. The molecule has 0 amide bonds. The fraction of sp³-hybridized carbons (Fsp3) is 0.750. The second-order valence-electron chi connectivity index (χ2n) is 11.2. The monoisotopic (exact) mass is 441 g/mol. The average Bonchev–Trinajstić information content (AvgIpc) is 3.24. The molecule has 3 fully saturated rings. The third-order valence-corrected chi connectivity index (χ3v) is 9.37. The van der Waals surface area contributed by atoms with Crippen LogP contribution in [0.5, 0.6) is 0 Å². The van der Waals surface area contributed by atoms with Crippen molar-refractivity contribution in [1.82, 2.24) is 5.32 Å². The molecule has 178 valence electrons. The summed E-state index contributed by atoms with van der Waals surface area (Å²) < 4.78 is 11.2. The second kappa shape index (κ2) is 9.75. The average molecular weight is 442 g/mol. The summed E-state index contributed by atoms with van der Waals surface area (Å²) in [5.41, 5.74) is 2.45. The molecule has 4 nitrogen and oxygen atoms in total. The third kappa shape index (κ3) is 4.44. The molecule has 3 aliphatic rings. The summed E-state index contributed by atoms with van der Waals surface area (Å²) in [6.45, 7) is 9.92. The molecule has 32 heavy (non-hydrogen) atoms. The summed E-state index contributed by atoms with van der Waals surface area (Å²) >= 11 is 0. The number of rotatable bonds is 7. The van der Waals surface area contributed by atoms with Crippen molar-refractivity contribution < 1.29 is 13.9 Å². The molecule has 0 saturated heterocycles. The van der Waals surface area contributed by atoms with Gasteiger partial charge in [0.1, 0.15) is 5.76 Å². The van der Waals surface area contributed by atoms with Crippen LogP contribution in [-0.2, 0) is 22.5 Å². The molecule has 4 rings (SSSR count). The SMILES string of the molecule is C=C1CC[C@H]2[C@](C)(CCC[C@]2(C)C(=O)OC)[C@H]1CCc1ccoc1CNC1CCCCC1. The number of methoxy groups -OCH3 is 1. The highest BCUT2D eigenvalue weighted by molar-refractivity contribution is 5.77. The molecule has 3 aliphatic carbocycles. The van der Waals surface area contributed by atoms with Crippen LogP contribution >= 0.6 is 0 Å². The van der Waals surface area contributed by atoms with Gasteiger partial charge in [0.15, 0.2) is 0 Å². The van der Waals surface area contributed by atoms with Crippen LogP contribution in [0.1, 0.15) is 95.8 Å². The van der Waals surface area contributed by atoms with Gasteiger partial charge in [-0.05, 0) is 87.2 Å². The standard InChI is InChI=1S/C28H43NO3/c1-20-11-14-25-27(2,16-8-17-28(25,3)26(30)31-4)23(20)13-12-21-15-18-32-24(21)19-29-22-9-6-5-7-10-22/h15,18,22-23,25,29H,1,5-14,16-17,19H2,2-4H3/t23-,25-,27+,28-/m0/s1. The van der Waals surface area contributed by atoms with Gasteiger partial charge in [0.2, 0.25) is 0 Å². The van der Waals surface area contributed by atoms with Gasteiger partial charge in [0, 0.05) is 6.04 Å². The highest BCUT2D eigenvalue weighted by Crippen LogP contribution is 2.62. The number of fused-ring (bicyclic) bond motifs is 1. The van der Waals surface area contributed by atoms with Crippen LogP contribution in [0.15, 0.2) is 28.9 Å². The molecule has 0 radical (unpaired) electrons. The van der Waals surface area contributed by atoms with Gasteiger partial charge >= 0.3 is 5.97 Å². The Morgan fingerprint density at radius 1 is 1.19 bits per heavy atom. The van der Waals surface area contributed by atoms with Gasteiger partial charge < -0.3 is 14.5 Å². The zero-order valence-electron chi connectivity index (χ0n) is 20.5. The molecular weight excluding hydrogens is 398 g/mol. The Balaban J connectivity index is 1.44. The highest BCUT2D eigenvalue weighted by atomic mass is 16.5. The van der Waals surface area contributed by atoms with E-state index in [1.165, 1.54) is 49.7 Å². The molecule has 0 bridgehead atoms. The summed E-state index contributed by atoms with van der Waals surface area (Å²) in [5, 5.41) is 3.73. The number of carbonyl (C=O) groups excluding carboxylic acids is 1. The Hall–Kier alpha value is -1.55. The molecule has 4 heteroatoms. The number of esters is 1. The molecule has 0 aliphatic heterocycles. The summed E-state index contributed by atoms with van der Waals surface area (Å²) in [6, 6.07) is 2.79. The minimum atomic E-state index is -0.370. The fourth-order valence-electron chi connectivity index (χ4n) is 7.55. The van der Waals surface area contributed by atoms with Crippen LogP contribution in [0.25, 0.3) is 0 Å². The predicted octanol–water partition coefficient (Wildman–Crippen LogP) is 6.59. The van der Waals surface area contributed by atoms with Crippen LogP contribution in [0.3, 0.4) is 0 Å². The Kier molecular flexibility index (Phi) is 7.19. The molecule has 1 aromatic heterocycles. The number of hydrogen-bond acceptors (Lipinski definition) is 4. The number of hydrogen-bond donors (Lipinski definition) is 1. The first-order valence-electron chi connectivity index (χ1n) is 12.9. The number of nitrogens with one attached hydrogen (secondary N) is 1. The fourth-order valence-corrected chi connectivity index (χ4v) is 7.55. The first-order valence-corrected chi connectivity index (χ1v) is 12.9. The van der Waals surface area contributed by atoms with Gasteiger partial charge in [-0.1, -0.05) is 44.8 Å². The van der Waals surface area contributed by atoms with Gasteiger partial charge in [-0.3, -0.25) is 4.79 Å². The number of ether oxygens (including phenoxy) is 1. The van der Waals surface area contributed by atoms with E-state index in [0.29, 0.717) is 17.9 Å². The lowest BCUT2D eigenvalue weighted by molar-refractivity contribution is -0.168. The zero-order valence-corrected chi connectivity index (χ0v) is 20.5. The van der Waals surface area contributed by atoms with E-state index in [2.05, 4.69) is 31.8 Å². The predicted molar refractivity (Wildman–Crippen MR) is 128 cm³/mol. The van der Waals surface area contributed by atoms with E-state index in [0.717, 1.165) is 50.8 Å². The molecule has 1 N–H and O–H groups in total. The Labute approximate surface area is 194 Å². The van der Waals surface area contributed by atoms with Gasteiger partial charge in [0.25, 0.3) is 0 Å². The van der Waals surface area contributed by atoms with Crippen LogP contribution in [0, 0.1) is 22.7 Å². The molecule has 0 unspecified atom stereocenters. The van der Waals surface area contributed by atoms with Crippen molar-refractivity contribution in [1.29, 1.82) is 0 Å². The van der Waals surface area contributed by atoms with E-state index < -0.39 is 0 Å². The van der Waals surface area contributed by atoms with E-state index >= 15 is 0 Å². The maximum atomic E-state index is 12.8. The molecular formula is C28H43NO3. The first kappa shape index (κ1) is 23.6. The maximum absolute atomic E-state index is 12.8. The number of furan rings is 1. The number of allylic oxidation sites excluding steroid dienone is 1. The largest absolute Gasteiger partial charge is 0.469 e. The molecule has 0 aromatic carbocycles. The van der Waals surface area contributed by atoms with Crippen molar-refractivity contribution in [2.45, 2.75) is 103 Å². The molecule has 0 spiro atoms. The lowest BCUT2D eigenvalue weighted by Gasteiger charge is -2.57. The summed E-state index contributed by atoms with van der Waals surface area (Å²) in [7, 11) is 1.54. The van der Waals surface area contributed by atoms with Crippen molar-refractivity contribution in [3.8, 4) is 0 Å². The van der Waals surface area contributed by atoms with Crippen LogP contribution < -0.4 is 5.32 Å². The van der Waals surface area contributed by atoms with E-state index in [4.69, 9.17) is 9.15 Å². The Bertz CT molecular complexity index is 807. The lowest BCUT2D eigenvalue weighted by atomic mass is 9.46. The lowest BCUT2D eigenvalue weighted by Crippen LogP contribution is -2.53. The minimum absolute atomic E-state index is 0.0226. The first-order chi connectivity index (χ1) is 15.4. The van der Waals surface area contributed by atoms with Crippen molar-refractivity contribution in [2.24, 2.45) is 22.7 Å².